The number of nitro benzene ring substituents is 1. The molecule has 0 fully saturated rings. The molecule has 5 nitrogen and oxygen atoms in total. The third-order valence-corrected chi connectivity index (χ3v) is 1.71. The quantitative estimate of drug-likeness (QED) is 0.621. The molecule has 0 unspecified atom stereocenters. The Morgan fingerprint density at radius 3 is 2.47 bits per heavy atom. The minimum atomic E-state index is -3.06. The summed E-state index contributed by atoms with van der Waals surface area (Å²) in [6, 6.07) is 2.23. The monoisotopic (exact) mass is 217 g/mol. The Kier molecular flexibility index (Phi) is 2.93. The predicted molar refractivity (Wildman–Crippen MR) is 45.0 cm³/mol. The number of hydrogen-bond acceptors (Lipinski definition) is 3. The first kappa shape index (κ1) is 11.0. The van der Waals surface area contributed by atoms with E-state index >= 15 is 0 Å². The zero-order valence-corrected chi connectivity index (χ0v) is 7.18. The summed E-state index contributed by atoms with van der Waals surface area (Å²) < 4.78 is 24.7. The molecule has 1 rings (SSSR count). The number of non-ortho nitro benzene ring substituents is 1. The minimum Gasteiger partial charge on any atom is -0.478 e. The Bertz CT molecular complexity index is 419. The molecule has 0 bridgehead atoms. The summed E-state index contributed by atoms with van der Waals surface area (Å²) in [5.74, 6) is -1.54. The highest BCUT2D eigenvalue weighted by atomic mass is 19.3. The minimum absolute atomic E-state index is 0.560. The molecule has 0 aliphatic heterocycles. The summed E-state index contributed by atoms with van der Waals surface area (Å²) in [6.07, 6.45) is -3.06. The topological polar surface area (TPSA) is 80.4 Å². The van der Waals surface area contributed by atoms with Gasteiger partial charge in [-0.15, -0.1) is 0 Å². The summed E-state index contributed by atoms with van der Waals surface area (Å²) in [7, 11) is 0. The lowest BCUT2D eigenvalue weighted by Crippen LogP contribution is -2.03. The highest BCUT2D eigenvalue weighted by Crippen LogP contribution is 2.27. The van der Waals surface area contributed by atoms with Crippen molar-refractivity contribution >= 4 is 11.7 Å². The molecule has 0 amide bonds. The molecule has 80 valence electrons. The highest BCUT2D eigenvalue weighted by molar-refractivity contribution is 5.89. The van der Waals surface area contributed by atoms with Crippen LogP contribution in [0.1, 0.15) is 22.3 Å². The van der Waals surface area contributed by atoms with Crippen molar-refractivity contribution in [2.45, 2.75) is 6.43 Å². The fourth-order valence-corrected chi connectivity index (χ4v) is 1.04. The third-order valence-electron chi connectivity index (χ3n) is 1.71. The fourth-order valence-electron chi connectivity index (χ4n) is 1.04. The number of alkyl halides is 2. The number of benzene rings is 1. The molecule has 0 atom stereocenters. The van der Waals surface area contributed by atoms with Crippen LogP contribution in [-0.4, -0.2) is 16.0 Å². The maximum Gasteiger partial charge on any atom is 0.336 e. The average molecular weight is 217 g/mol. The van der Waals surface area contributed by atoms with Gasteiger partial charge in [0.05, 0.1) is 10.5 Å². The van der Waals surface area contributed by atoms with Gasteiger partial charge in [-0.25, -0.2) is 13.6 Å². The van der Waals surface area contributed by atoms with E-state index in [-0.39, 0.29) is 0 Å². The number of rotatable bonds is 3. The molecule has 0 aliphatic rings. The molecular weight excluding hydrogens is 212 g/mol. The maximum absolute atomic E-state index is 12.3. The second-order valence-corrected chi connectivity index (χ2v) is 2.63. The molecule has 15 heavy (non-hydrogen) atoms. The van der Waals surface area contributed by atoms with Crippen molar-refractivity contribution in [3.63, 3.8) is 0 Å². The lowest BCUT2D eigenvalue weighted by Gasteiger charge is -2.03. The molecule has 0 spiro atoms. The number of carbonyl (C=O) groups is 1. The summed E-state index contributed by atoms with van der Waals surface area (Å²) in [6.45, 7) is 0. The van der Waals surface area contributed by atoms with Crippen LogP contribution in [0, 0.1) is 10.1 Å². The first-order chi connectivity index (χ1) is 6.93. The molecule has 0 saturated carbocycles. The van der Waals surface area contributed by atoms with Crippen LogP contribution in [0.2, 0.25) is 0 Å². The van der Waals surface area contributed by atoms with Gasteiger partial charge in [-0.3, -0.25) is 10.1 Å². The van der Waals surface area contributed by atoms with E-state index in [0.29, 0.717) is 6.07 Å². The smallest absolute Gasteiger partial charge is 0.336 e. The van der Waals surface area contributed by atoms with Crippen molar-refractivity contribution in [1.29, 1.82) is 0 Å². The standard InChI is InChI=1S/C8H5F2NO4/c9-7(10)6-3-4(11(14)15)1-2-5(6)8(12)13/h1-3,7H,(H,12,13). The molecule has 0 radical (unpaired) electrons. The molecule has 1 N–H and O–H groups in total. The van der Waals surface area contributed by atoms with Crippen LogP contribution in [0.4, 0.5) is 14.5 Å². The van der Waals surface area contributed by atoms with Gasteiger partial charge in [0.25, 0.3) is 12.1 Å². The van der Waals surface area contributed by atoms with Gasteiger partial charge >= 0.3 is 5.97 Å². The maximum atomic E-state index is 12.3. The molecule has 0 aliphatic carbocycles. The van der Waals surface area contributed by atoms with Crippen LogP contribution < -0.4 is 0 Å². The van der Waals surface area contributed by atoms with Gasteiger partial charge in [-0.05, 0) is 6.07 Å². The highest BCUT2D eigenvalue weighted by Gasteiger charge is 2.21. The van der Waals surface area contributed by atoms with Gasteiger partial charge in [0.15, 0.2) is 0 Å². The van der Waals surface area contributed by atoms with E-state index in [1.54, 1.807) is 0 Å². The lowest BCUT2D eigenvalue weighted by atomic mass is 10.1. The van der Waals surface area contributed by atoms with Gasteiger partial charge in [0, 0.05) is 17.7 Å². The molecule has 0 heterocycles. The number of carboxylic acid groups (broad SMARTS) is 1. The summed E-state index contributed by atoms with van der Waals surface area (Å²) in [4.78, 5) is 19.9. The van der Waals surface area contributed by atoms with E-state index in [9.17, 15) is 23.7 Å². The van der Waals surface area contributed by atoms with Crippen LogP contribution in [-0.2, 0) is 0 Å². The van der Waals surface area contributed by atoms with Crippen molar-refractivity contribution in [2.75, 3.05) is 0 Å². The Hall–Kier alpha value is -2.05. The summed E-state index contributed by atoms with van der Waals surface area (Å²) in [5, 5.41) is 18.8. The van der Waals surface area contributed by atoms with Crippen molar-refractivity contribution in [3.05, 3.63) is 39.4 Å². The molecule has 1 aromatic carbocycles. The van der Waals surface area contributed by atoms with E-state index in [1.165, 1.54) is 0 Å². The molecular formula is C8H5F2NO4. The van der Waals surface area contributed by atoms with Crippen molar-refractivity contribution in [1.82, 2.24) is 0 Å². The number of nitro groups is 1. The predicted octanol–water partition coefficient (Wildman–Crippen LogP) is 2.23. The largest absolute Gasteiger partial charge is 0.478 e. The number of nitrogens with zero attached hydrogens (tertiary/aromatic N) is 1. The summed E-state index contributed by atoms with van der Waals surface area (Å²) in [5.41, 5.74) is -2.04. The Morgan fingerprint density at radius 2 is 2.07 bits per heavy atom. The van der Waals surface area contributed by atoms with Crippen LogP contribution in [0.15, 0.2) is 18.2 Å². The molecule has 7 heteroatoms. The van der Waals surface area contributed by atoms with Crippen LogP contribution >= 0.6 is 0 Å². The van der Waals surface area contributed by atoms with Gasteiger partial charge in [-0.1, -0.05) is 0 Å². The first-order valence-corrected chi connectivity index (χ1v) is 3.73. The SMILES string of the molecule is O=C(O)c1ccc([N+](=O)[O-])cc1C(F)F. The average Bonchev–Trinajstić information content (AvgIpc) is 2.16. The lowest BCUT2D eigenvalue weighted by molar-refractivity contribution is -0.385. The summed E-state index contributed by atoms with van der Waals surface area (Å²) >= 11 is 0. The fraction of sp³-hybridized carbons (Fsp3) is 0.125. The van der Waals surface area contributed by atoms with Gasteiger partial charge < -0.3 is 5.11 Å². The van der Waals surface area contributed by atoms with E-state index in [2.05, 4.69) is 0 Å². The Labute approximate surface area is 82.1 Å². The van der Waals surface area contributed by atoms with E-state index < -0.39 is 34.1 Å². The zero-order chi connectivity index (χ0) is 11.6. The van der Waals surface area contributed by atoms with Gasteiger partial charge in [-0.2, -0.15) is 0 Å². The number of halogens is 2. The van der Waals surface area contributed by atoms with Crippen LogP contribution in [0.5, 0.6) is 0 Å². The van der Waals surface area contributed by atoms with Crippen LogP contribution in [0.25, 0.3) is 0 Å². The van der Waals surface area contributed by atoms with E-state index in [4.69, 9.17) is 5.11 Å². The van der Waals surface area contributed by atoms with Crippen molar-refractivity contribution < 1.29 is 23.6 Å². The van der Waals surface area contributed by atoms with Crippen LogP contribution in [0.3, 0.4) is 0 Å². The molecule has 0 saturated heterocycles. The molecule has 0 aromatic heterocycles. The van der Waals surface area contributed by atoms with Crippen molar-refractivity contribution in [3.8, 4) is 0 Å². The normalized spacial score (nSPS) is 10.3. The van der Waals surface area contributed by atoms with Gasteiger partial charge in [0.2, 0.25) is 0 Å². The zero-order valence-electron chi connectivity index (χ0n) is 7.18. The second-order valence-electron chi connectivity index (χ2n) is 2.63. The Morgan fingerprint density at radius 1 is 1.47 bits per heavy atom. The number of hydrogen-bond donors (Lipinski definition) is 1. The number of aromatic carboxylic acids is 1. The first-order valence-electron chi connectivity index (χ1n) is 3.73. The van der Waals surface area contributed by atoms with E-state index in [0.717, 1.165) is 12.1 Å². The second kappa shape index (κ2) is 3.99. The van der Waals surface area contributed by atoms with Gasteiger partial charge in [0.1, 0.15) is 0 Å². The molecule has 1 aromatic rings. The van der Waals surface area contributed by atoms with E-state index in [1.807, 2.05) is 0 Å². The third kappa shape index (κ3) is 2.25. The number of carboxylic acids is 1. The Balaban J connectivity index is 3.33. The van der Waals surface area contributed by atoms with Crippen molar-refractivity contribution in [2.24, 2.45) is 0 Å².